The van der Waals surface area contributed by atoms with Crippen LogP contribution >= 0.6 is 11.3 Å². The molecule has 1 aliphatic heterocycles. The van der Waals surface area contributed by atoms with Crippen LogP contribution in [0.2, 0.25) is 0 Å². The zero-order valence-electron chi connectivity index (χ0n) is 19.8. The minimum Gasteiger partial charge on any atom is -0.382 e. The predicted octanol–water partition coefficient (Wildman–Crippen LogP) is 4.87. The number of piperidine rings is 1. The molecule has 9 nitrogen and oxygen atoms in total. The van der Waals surface area contributed by atoms with Gasteiger partial charge < -0.3 is 10.6 Å². The van der Waals surface area contributed by atoms with E-state index in [-0.39, 0.29) is 41.1 Å². The summed E-state index contributed by atoms with van der Waals surface area (Å²) in [4.78, 5) is 23.2. The highest BCUT2D eigenvalue weighted by Crippen LogP contribution is 2.32. The fraction of sp³-hybridized carbons (Fsp3) is 0.292. The zero-order valence-corrected chi connectivity index (χ0v) is 21.4. The monoisotopic (exact) mass is 568 g/mol. The van der Waals surface area contributed by atoms with Crippen LogP contribution in [-0.2, 0) is 22.7 Å². The number of thiophene rings is 1. The largest absolute Gasteiger partial charge is 0.416 e. The van der Waals surface area contributed by atoms with Gasteiger partial charge in [-0.25, -0.2) is 8.42 Å². The molecule has 3 aromatic rings. The van der Waals surface area contributed by atoms with Gasteiger partial charge in [0.05, 0.1) is 17.0 Å². The van der Waals surface area contributed by atoms with Gasteiger partial charge in [-0.05, 0) is 49.2 Å². The lowest BCUT2D eigenvalue weighted by Gasteiger charge is -2.32. The Morgan fingerprint density at radius 1 is 1.08 bits per heavy atom. The summed E-state index contributed by atoms with van der Waals surface area (Å²) in [6.45, 7) is 0.454. The molecular formula is C24H23F3N4O5S2. The Labute approximate surface area is 220 Å². The first-order valence-corrected chi connectivity index (χ1v) is 13.7. The van der Waals surface area contributed by atoms with Crippen LogP contribution in [0.1, 0.15) is 33.6 Å². The average Bonchev–Trinajstić information content (AvgIpc) is 3.37. The van der Waals surface area contributed by atoms with Gasteiger partial charge in [0.1, 0.15) is 4.21 Å². The Balaban J connectivity index is 1.32. The smallest absolute Gasteiger partial charge is 0.382 e. The minimum atomic E-state index is -4.44. The van der Waals surface area contributed by atoms with Crippen LogP contribution in [0, 0.1) is 10.1 Å². The van der Waals surface area contributed by atoms with Gasteiger partial charge >= 0.3 is 6.18 Å². The van der Waals surface area contributed by atoms with Gasteiger partial charge in [-0.1, -0.05) is 12.1 Å². The molecule has 0 spiro atoms. The van der Waals surface area contributed by atoms with Crippen molar-refractivity contribution in [2.45, 2.75) is 35.8 Å². The van der Waals surface area contributed by atoms with Crippen LogP contribution in [0.15, 0.2) is 64.9 Å². The Morgan fingerprint density at radius 2 is 1.79 bits per heavy atom. The van der Waals surface area contributed by atoms with Crippen molar-refractivity contribution >= 4 is 38.6 Å². The molecule has 0 bridgehead atoms. The number of sulfonamides is 1. The number of hydrogen-bond donors (Lipinski definition) is 2. The van der Waals surface area contributed by atoms with Gasteiger partial charge in [0.15, 0.2) is 0 Å². The van der Waals surface area contributed by atoms with Gasteiger partial charge in [0.2, 0.25) is 0 Å². The van der Waals surface area contributed by atoms with Crippen molar-refractivity contribution in [3.8, 4) is 0 Å². The van der Waals surface area contributed by atoms with Gasteiger partial charge in [-0.2, -0.15) is 17.5 Å². The third kappa shape index (κ3) is 6.49. The van der Waals surface area contributed by atoms with Crippen LogP contribution in [0.5, 0.6) is 0 Å². The number of benzene rings is 2. The second kappa shape index (κ2) is 11.1. The van der Waals surface area contributed by atoms with E-state index in [1.165, 1.54) is 34.6 Å². The fourth-order valence-electron chi connectivity index (χ4n) is 4.01. The van der Waals surface area contributed by atoms with Crippen molar-refractivity contribution in [1.29, 1.82) is 0 Å². The summed E-state index contributed by atoms with van der Waals surface area (Å²) in [5, 5.41) is 16.6. The predicted molar refractivity (Wildman–Crippen MR) is 135 cm³/mol. The number of nitrogens with zero attached hydrogens (tertiary/aromatic N) is 2. The molecule has 1 aromatic heterocycles. The quantitative estimate of drug-likeness (QED) is 0.295. The highest BCUT2D eigenvalue weighted by molar-refractivity contribution is 7.91. The van der Waals surface area contributed by atoms with Gasteiger partial charge in [-0.15, -0.1) is 11.3 Å². The molecule has 1 saturated heterocycles. The number of alkyl halides is 3. The number of amides is 1. The molecule has 1 aliphatic rings. The molecular weight excluding hydrogens is 545 g/mol. The van der Waals surface area contributed by atoms with Crippen molar-refractivity contribution in [1.82, 2.24) is 9.62 Å². The number of carbonyl (C=O) groups is 1. The highest BCUT2D eigenvalue weighted by Gasteiger charge is 2.32. The van der Waals surface area contributed by atoms with Crippen molar-refractivity contribution in [3.05, 3.63) is 86.8 Å². The molecule has 4 rings (SSSR count). The van der Waals surface area contributed by atoms with Gasteiger partial charge in [0.25, 0.3) is 21.6 Å². The van der Waals surface area contributed by atoms with Crippen LogP contribution in [0.4, 0.5) is 24.5 Å². The number of non-ortho nitro benzene ring substituents is 1. The lowest BCUT2D eigenvalue weighted by atomic mass is 10.1. The average molecular weight is 569 g/mol. The molecule has 0 atom stereocenters. The second-order valence-corrected chi connectivity index (χ2v) is 11.9. The molecule has 0 saturated carbocycles. The number of nitrogens with one attached hydrogen (secondary N) is 2. The number of rotatable bonds is 8. The molecule has 202 valence electrons. The Kier molecular flexibility index (Phi) is 8.04. The summed E-state index contributed by atoms with van der Waals surface area (Å²) >= 11 is 1.01. The topological polar surface area (TPSA) is 122 Å². The third-order valence-corrected chi connectivity index (χ3v) is 9.44. The summed E-state index contributed by atoms with van der Waals surface area (Å²) in [5.41, 5.74) is -0.519. The molecule has 0 radical (unpaired) electrons. The maximum Gasteiger partial charge on any atom is 0.416 e. The van der Waals surface area contributed by atoms with Crippen LogP contribution in [0.25, 0.3) is 0 Å². The lowest BCUT2D eigenvalue weighted by molar-refractivity contribution is -0.384. The van der Waals surface area contributed by atoms with E-state index < -0.39 is 32.6 Å². The fourth-order valence-corrected chi connectivity index (χ4v) is 6.93. The van der Waals surface area contributed by atoms with Crippen molar-refractivity contribution in [2.24, 2.45) is 0 Å². The Bertz CT molecular complexity index is 1430. The van der Waals surface area contributed by atoms with Crippen LogP contribution in [-0.4, -0.2) is 42.7 Å². The number of nitro benzene ring substituents is 1. The van der Waals surface area contributed by atoms with E-state index >= 15 is 0 Å². The number of nitro groups is 1. The summed E-state index contributed by atoms with van der Waals surface area (Å²) < 4.78 is 66.6. The van der Waals surface area contributed by atoms with Gasteiger partial charge in [0, 0.05) is 47.4 Å². The first-order valence-electron chi connectivity index (χ1n) is 11.5. The van der Waals surface area contributed by atoms with Crippen molar-refractivity contribution < 1.29 is 31.3 Å². The van der Waals surface area contributed by atoms with E-state index in [2.05, 4.69) is 10.6 Å². The molecule has 2 N–H and O–H groups in total. The minimum absolute atomic E-state index is 0.0463. The molecule has 1 amide bonds. The van der Waals surface area contributed by atoms with E-state index in [0.29, 0.717) is 23.4 Å². The second-order valence-electron chi connectivity index (χ2n) is 8.61. The zero-order chi connectivity index (χ0) is 27.5. The maximum absolute atomic E-state index is 13.1. The van der Waals surface area contributed by atoms with Crippen LogP contribution in [0.3, 0.4) is 0 Å². The molecule has 0 aliphatic carbocycles. The maximum atomic E-state index is 13.1. The van der Waals surface area contributed by atoms with Crippen LogP contribution < -0.4 is 10.6 Å². The Morgan fingerprint density at radius 3 is 2.47 bits per heavy atom. The van der Waals surface area contributed by atoms with E-state index in [4.69, 9.17) is 0 Å². The van der Waals surface area contributed by atoms with Crippen molar-refractivity contribution in [2.75, 3.05) is 18.4 Å². The summed E-state index contributed by atoms with van der Waals surface area (Å²) in [7, 11) is -3.78. The normalized spacial score (nSPS) is 15.2. The highest BCUT2D eigenvalue weighted by atomic mass is 32.2. The first kappa shape index (κ1) is 27.5. The van der Waals surface area contributed by atoms with E-state index in [9.17, 15) is 36.5 Å². The molecule has 2 aromatic carbocycles. The van der Waals surface area contributed by atoms with E-state index in [1.807, 2.05) is 0 Å². The summed E-state index contributed by atoms with van der Waals surface area (Å²) in [6, 6.07) is 13.1. The van der Waals surface area contributed by atoms with E-state index in [1.54, 1.807) is 12.1 Å². The molecule has 2 heterocycles. The lowest BCUT2D eigenvalue weighted by Crippen LogP contribution is -2.42. The molecule has 14 heteroatoms. The first-order chi connectivity index (χ1) is 17.9. The summed E-state index contributed by atoms with van der Waals surface area (Å²) in [6.07, 6.45) is -3.60. The molecule has 38 heavy (non-hydrogen) atoms. The van der Waals surface area contributed by atoms with Gasteiger partial charge in [-0.3, -0.25) is 14.9 Å². The number of hydrogen-bond acceptors (Lipinski definition) is 7. The standard InChI is InChI=1S/C24H23F3N4O5S2/c25-24(26,27)17-4-2-5-19(14-17)29-18-9-11-30(12-10-18)38(35,36)22-8-7-21(37-22)15-28-23(32)16-3-1-6-20(13-16)31(33)34/h1-8,13-14,18,29H,9-12,15H2,(H,28,32). The summed E-state index contributed by atoms with van der Waals surface area (Å²) in [5.74, 6) is -0.526. The number of anilines is 1. The third-order valence-electron chi connectivity index (χ3n) is 5.99. The molecule has 0 unspecified atom stereocenters. The Hall–Kier alpha value is -3.49. The number of halogens is 3. The van der Waals surface area contributed by atoms with E-state index in [0.717, 1.165) is 29.5 Å². The SMILES string of the molecule is O=C(NCc1ccc(S(=O)(=O)N2CCC(Nc3cccc(C(F)(F)F)c3)CC2)s1)c1cccc([N+](=O)[O-])c1. The number of carbonyl (C=O) groups excluding carboxylic acids is 1. The molecule has 1 fully saturated rings. The van der Waals surface area contributed by atoms with Crippen molar-refractivity contribution in [3.63, 3.8) is 0 Å².